The smallest absolute Gasteiger partial charge is 0.254 e. The topological polar surface area (TPSA) is 68.0 Å². The third-order valence-electron chi connectivity index (χ3n) is 5.58. The Labute approximate surface area is 188 Å². The molecule has 1 saturated heterocycles. The standard InChI is InChI=1S/C25H29N3O4/c1-19-7-6-10-21(17-19)23-22(25(32-26-23)27-12-15-31-16-13-27)18-28(11-14-30-2)24(29)20-8-4-3-5-9-20/h3-10,17H,11-16,18H2,1-2H3. The predicted octanol–water partition coefficient (Wildman–Crippen LogP) is 3.78. The number of hydrogen-bond acceptors (Lipinski definition) is 6. The van der Waals surface area contributed by atoms with Gasteiger partial charge in [-0.3, -0.25) is 4.79 Å². The minimum absolute atomic E-state index is 0.0491. The molecule has 0 spiro atoms. The molecule has 0 aliphatic carbocycles. The van der Waals surface area contributed by atoms with Gasteiger partial charge in [-0.2, -0.15) is 0 Å². The molecule has 1 aliphatic rings. The molecule has 0 unspecified atom stereocenters. The van der Waals surface area contributed by atoms with Crippen LogP contribution in [0.25, 0.3) is 11.3 Å². The number of benzene rings is 2. The highest BCUT2D eigenvalue weighted by atomic mass is 16.5. The quantitative estimate of drug-likeness (QED) is 0.537. The minimum Gasteiger partial charge on any atom is -0.383 e. The van der Waals surface area contributed by atoms with Crippen molar-refractivity contribution in [1.29, 1.82) is 0 Å². The van der Waals surface area contributed by atoms with Crippen molar-refractivity contribution < 1.29 is 18.8 Å². The lowest BCUT2D eigenvalue weighted by molar-refractivity contribution is 0.0680. The number of amides is 1. The van der Waals surface area contributed by atoms with Crippen LogP contribution in [-0.2, 0) is 16.0 Å². The van der Waals surface area contributed by atoms with Crippen molar-refractivity contribution in [2.45, 2.75) is 13.5 Å². The second-order valence-electron chi connectivity index (χ2n) is 7.87. The molecule has 2 aromatic carbocycles. The van der Waals surface area contributed by atoms with Gasteiger partial charge in [0, 0.05) is 37.9 Å². The fraction of sp³-hybridized carbons (Fsp3) is 0.360. The third-order valence-corrected chi connectivity index (χ3v) is 5.58. The SMILES string of the molecule is COCCN(Cc1c(-c2cccc(C)c2)noc1N1CCOCC1)C(=O)c1ccccc1. The monoisotopic (exact) mass is 435 g/mol. The van der Waals surface area contributed by atoms with Gasteiger partial charge in [0.2, 0.25) is 5.88 Å². The second kappa shape index (κ2) is 10.4. The van der Waals surface area contributed by atoms with Crippen molar-refractivity contribution in [2.75, 3.05) is 51.5 Å². The van der Waals surface area contributed by atoms with E-state index in [9.17, 15) is 4.79 Å². The highest BCUT2D eigenvalue weighted by molar-refractivity contribution is 5.94. The van der Waals surface area contributed by atoms with Crippen molar-refractivity contribution in [3.63, 3.8) is 0 Å². The molecule has 0 radical (unpaired) electrons. The normalized spacial score (nSPS) is 13.9. The zero-order valence-corrected chi connectivity index (χ0v) is 18.6. The van der Waals surface area contributed by atoms with Crippen LogP contribution in [0.5, 0.6) is 0 Å². The zero-order valence-electron chi connectivity index (χ0n) is 18.6. The van der Waals surface area contributed by atoms with Crippen LogP contribution in [0, 0.1) is 6.92 Å². The van der Waals surface area contributed by atoms with Crippen molar-refractivity contribution >= 4 is 11.8 Å². The van der Waals surface area contributed by atoms with Gasteiger partial charge in [0.25, 0.3) is 5.91 Å². The number of rotatable bonds is 8. The molecule has 0 atom stereocenters. The maximum Gasteiger partial charge on any atom is 0.254 e. The second-order valence-corrected chi connectivity index (χ2v) is 7.87. The number of ether oxygens (including phenoxy) is 2. The van der Waals surface area contributed by atoms with Gasteiger partial charge in [0.05, 0.1) is 31.9 Å². The average molecular weight is 436 g/mol. The lowest BCUT2D eigenvalue weighted by Crippen LogP contribution is -2.38. The van der Waals surface area contributed by atoms with Gasteiger partial charge < -0.3 is 23.8 Å². The zero-order chi connectivity index (χ0) is 22.3. The van der Waals surface area contributed by atoms with E-state index in [4.69, 9.17) is 14.0 Å². The van der Waals surface area contributed by atoms with E-state index in [1.165, 1.54) is 0 Å². The molecular formula is C25H29N3O4. The lowest BCUT2D eigenvalue weighted by atomic mass is 10.0. The number of anilines is 1. The highest BCUT2D eigenvalue weighted by Gasteiger charge is 2.27. The summed E-state index contributed by atoms with van der Waals surface area (Å²) < 4.78 is 16.7. The lowest BCUT2D eigenvalue weighted by Gasteiger charge is -2.28. The average Bonchev–Trinajstić information content (AvgIpc) is 3.26. The Morgan fingerprint density at radius 3 is 2.62 bits per heavy atom. The van der Waals surface area contributed by atoms with E-state index in [1.54, 1.807) is 12.0 Å². The first-order chi connectivity index (χ1) is 15.7. The maximum absolute atomic E-state index is 13.4. The molecule has 0 saturated carbocycles. The van der Waals surface area contributed by atoms with E-state index in [2.05, 4.69) is 29.1 Å². The van der Waals surface area contributed by atoms with E-state index < -0.39 is 0 Å². The number of morpholine rings is 1. The van der Waals surface area contributed by atoms with Crippen LogP contribution in [0.4, 0.5) is 5.88 Å². The molecule has 0 N–H and O–H groups in total. The molecule has 168 valence electrons. The molecule has 0 bridgehead atoms. The molecule has 3 aromatic rings. The Morgan fingerprint density at radius 2 is 1.91 bits per heavy atom. The number of nitrogens with zero attached hydrogens (tertiary/aromatic N) is 3. The van der Waals surface area contributed by atoms with Gasteiger partial charge in [0.15, 0.2) is 0 Å². The highest BCUT2D eigenvalue weighted by Crippen LogP contribution is 2.33. The van der Waals surface area contributed by atoms with Gasteiger partial charge in [-0.1, -0.05) is 47.1 Å². The molecule has 32 heavy (non-hydrogen) atoms. The van der Waals surface area contributed by atoms with Gasteiger partial charge >= 0.3 is 0 Å². The van der Waals surface area contributed by atoms with Gasteiger partial charge in [-0.25, -0.2) is 0 Å². The summed E-state index contributed by atoms with van der Waals surface area (Å²) >= 11 is 0. The Hall–Kier alpha value is -3.16. The summed E-state index contributed by atoms with van der Waals surface area (Å²) in [5.41, 5.74) is 4.42. The summed E-state index contributed by atoms with van der Waals surface area (Å²) in [6.07, 6.45) is 0. The molecule has 7 heteroatoms. The van der Waals surface area contributed by atoms with Gasteiger partial charge in [0.1, 0.15) is 5.69 Å². The van der Waals surface area contributed by atoms with E-state index in [0.717, 1.165) is 35.5 Å². The molecule has 1 fully saturated rings. The molecule has 1 aromatic heterocycles. The predicted molar refractivity (Wildman–Crippen MR) is 123 cm³/mol. The van der Waals surface area contributed by atoms with Crippen LogP contribution in [0.3, 0.4) is 0 Å². The maximum atomic E-state index is 13.4. The fourth-order valence-electron chi connectivity index (χ4n) is 3.89. The van der Waals surface area contributed by atoms with Gasteiger partial charge in [-0.15, -0.1) is 0 Å². The first-order valence-corrected chi connectivity index (χ1v) is 10.9. The Bertz CT molecular complexity index is 1030. The number of hydrogen-bond donors (Lipinski definition) is 0. The van der Waals surface area contributed by atoms with Crippen LogP contribution in [0.15, 0.2) is 59.1 Å². The fourth-order valence-corrected chi connectivity index (χ4v) is 3.89. The van der Waals surface area contributed by atoms with Crippen LogP contribution in [-0.4, -0.2) is 62.5 Å². The summed E-state index contributed by atoms with van der Waals surface area (Å²) in [7, 11) is 1.64. The summed E-state index contributed by atoms with van der Waals surface area (Å²) in [4.78, 5) is 17.3. The van der Waals surface area contributed by atoms with Crippen LogP contribution in [0.2, 0.25) is 0 Å². The summed E-state index contributed by atoms with van der Waals surface area (Å²) in [6.45, 7) is 6.04. The number of methoxy groups -OCH3 is 1. The molecule has 1 amide bonds. The first-order valence-electron chi connectivity index (χ1n) is 10.9. The largest absolute Gasteiger partial charge is 0.383 e. The summed E-state index contributed by atoms with van der Waals surface area (Å²) in [5.74, 6) is 0.653. The molecule has 7 nitrogen and oxygen atoms in total. The Kier molecular flexibility index (Phi) is 7.19. The summed E-state index contributed by atoms with van der Waals surface area (Å²) in [6, 6.07) is 17.5. The first kappa shape index (κ1) is 22.0. The van der Waals surface area contributed by atoms with E-state index in [-0.39, 0.29) is 5.91 Å². The van der Waals surface area contributed by atoms with Crippen molar-refractivity contribution in [3.8, 4) is 11.3 Å². The number of carbonyl (C=O) groups is 1. The van der Waals surface area contributed by atoms with Crippen molar-refractivity contribution in [1.82, 2.24) is 10.1 Å². The molecule has 4 rings (SSSR count). The van der Waals surface area contributed by atoms with Crippen LogP contribution < -0.4 is 4.90 Å². The number of carbonyl (C=O) groups excluding carboxylic acids is 1. The minimum atomic E-state index is -0.0491. The van der Waals surface area contributed by atoms with Crippen molar-refractivity contribution in [2.24, 2.45) is 0 Å². The van der Waals surface area contributed by atoms with E-state index >= 15 is 0 Å². The Balaban J connectivity index is 1.72. The number of aryl methyl sites for hydroxylation is 1. The number of aromatic nitrogens is 1. The van der Waals surface area contributed by atoms with E-state index in [1.807, 2.05) is 42.5 Å². The molecular weight excluding hydrogens is 406 g/mol. The third kappa shape index (κ3) is 5.00. The summed E-state index contributed by atoms with van der Waals surface area (Å²) in [5, 5.41) is 4.44. The van der Waals surface area contributed by atoms with E-state index in [0.29, 0.717) is 44.4 Å². The Morgan fingerprint density at radius 1 is 1.12 bits per heavy atom. The molecule has 2 heterocycles. The molecule has 1 aliphatic heterocycles. The van der Waals surface area contributed by atoms with Crippen LogP contribution in [0.1, 0.15) is 21.5 Å². The van der Waals surface area contributed by atoms with Crippen molar-refractivity contribution in [3.05, 3.63) is 71.3 Å². The van der Waals surface area contributed by atoms with Crippen LogP contribution >= 0.6 is 0 Å². The van der Waals surface area contributed by atoms with Gasteiger partial charge in [-0.05, 0) is 25.1 Å².